The highest BCUT2D eigenvalue weighted by atomic mass is 35.5. The number of hydrogen-bond acceptors (Lipinski definition) is 4. The van der Waals surface area contributed by atoms with Gasteiger partial charge in [-0.2, -0.15) is 0 Å². The van der Waals surface area contributed by atoms with E-state index in [2.05, 4.69) is 21.7 Å². The van der Waals surface area contributed by atoms with Crippen LogP contribution in [-0.2, 0) is 4.79 Å². The van der Waals surface area contributed by atoms with Gasteiger partial charge in [0.05, 0.1) is 24.7 Å². The van der Waals surface area contributed by atoms with Crippen molar-refractivity contribution in [2.75, 3.05) is 26.7 Å². The lowest BCUT2D eigenvalue weighted by molar-refractivity contribution is -0.139. The fourth-order valence-electron chi connectivity index (χ4n) is 5.04. The number of methoxy groups -OCH3 is 1. The number of fused-ring (bicyclic) bond motifs is 1. The second-order valence-electron chi connectivity index (χ2n) is 9.40. The van der Waals surface area contributed by atoms with Crippen LogP contribution in [0.2, 0.25) is 5.02 Å². The van der Waals surface area contributed by atoms with Gasteiger partial charge in [-0.1, -0.05) is 23.4 Å². The molecule has 0 radical (unpaired) electrons. The quantitative estimate of drug-likeness (QED) is 0.349. The number of alkyl halides is 1. The maximum Gasteiger partial charge on any atom is 0.303 e. The predicted molar refractivity (Wildman–Crippen MR) is 140 cm³/mol. The van der Waals surface area contributed by atoms with Crippen LogP contribution in [0.25, 0.3) is 10.9 Å². The highest BCUT2D eigenvalue weighted by Gasteiger charge is 2.31. The number of pyridine rings is 1. The van der Waals surface area contributed by atoms with Crippen LogP contribution in [0.5, 0.6) is 5.75 Å². The SMILES string of the molecule is COc1ccc2nccc(C(F)CC[C@@H]3CCN(CC#Cc4ccc(Cl)cc4F)C[C@@H]3CC(=O)O)c2c1. The molecule has 0 amide bonds. The summed E-state index contributed by atoms with van der Waals surface area (Å²) < 4.78 is 34.7. The molecule has 0 aliphatic carbocycles. The lowest BCUT2D eigenvalue weighted by Crippen LogP contribution is -2.41. The van der Waals surface area contributed by atoms with Crippen LogP contribution in [0.4, 0.5) is 8.78 Å². The van der Waals surface area contributed by atoms with Crippen LogP contribution >= 0.6 is 11.6 Å². The average molecular weight is 527 g/mol. The molecule has 1 aromatic heterocycles. The molecule has 1 unspecified atom stereocenters. The fourth-order valence-corrected chi connectivity index (χ4v) is 5.19. The molecule has 37 heavy (non-hydrogen) atoms. The maximum atomic E-state index is 15.5. The molecule has 3 aromatic rings. The van der Waals surface area contributed by atoms with Crippen molar-refractivity contribution in [3.63, 3.8) is 0 Å². The van der Waals surface area contributed by atoms with E-state index in [4.69, 9.17) is 16.3 Å². The van der Waals surface area contributed by atoms with E-state index in [1.165, 1.54) is 6.07 Å². The second-order valence-corrected chi connectivity index (χ2v) is 9.83. The number of aliphatic carboxylic acids is 1. The topological polar surface area (TPSA) is 62.7 Å². The lowest BCUT2D eigenvalue weighted by atomic mass is 9.79. The monoisotopic (exact) mass is 526 g/mol. The molecule has 2 heterocycles. The molecule has 1 aliphatic rings. The molecule has 0 saturated carbocycles. The number of halogens is 3. The van der Waals surface area contributed by atoms with Gasteiger partial charge in [-0.05, 0) is 85.7 Å². The third-order valence-electron chi connectivity index (χ3n) is 6.98. The summed E-state index contributed by atoms with van der Waals surface area (Å²) in [5, 5.41) is 10.5. The molecular weight excluding hydrogens is 498 g/mol. The zero-order valence-corrected chi connectivity index (χ0v) is 21.3. The van der Waals surface area contributed by atoms with Gasteiger partial charge in [-0.15, -0.1) is 0 Å². The Morgan fingerprint density at radius 2 is 2.11 bits per heavy atom. The first-order valence-electron chi connectivity index (χ1n) is 12.3. The van der Waals surface area contributed by atoms with E-state index in [0.717, 1.165) is 18.4 Å². The summed E-state index contributed by atoms with van der Waals surface area (Å²) in [6, 6.07) is 11.5. The number of benzene rings is 2. The first kappa shape index (κ1) is 26.8. The van der Waals surface area contributed by atoms with Crippen molar-refractivity contribution in [3.05, 3.63) is 70.6 Å². The summed E-state index contributed by atoms with van der Waals surface area (Å²) in [7, 11) is 1.57. The molecule has 3 atom stereocenters. The van der Waals surface area contributed by atoms with Crippen LogP contribution in [0, 0.1) is 29.5 Å². The summed E-state index contributed by atoms with van der Waals surface area (Å²) in [5.74, 6) is 5.11. The van der Waals surface area contributed by atoms with E-state index in [9.17, 15) is 14.3 Å². The molecule has 1 saturated heterocycles. The van der Waals surface area contributed by atoms with Crippen molar-refractivity contribution in [1.29, 1.82) is 0 Å². The van der Waals surface area contributed by atoms with E-state index in [1.807, 2.05) is 6.07 Å². The first-order valence-corrected chi connectivity index (χ1v) is 12.7. The van der Waals surface area contributed by atoms with Gasteiger partial charge < -0.3 is 9.84 Å². The highest BCUT2D eigenvalue weighted by molar-refractivity contribution is 6.30. The van der Waals surface area contributed by atoms with Crippen LogP contribution in [0.15, 0.2) is 48.7 Å². The van der Waals surface area contributed by atoms with Crippen LogP contribution in [0.1, 0.15) is 43.0 Å². The van der Waals surface area contributed by atoms with Crippen LogP contribution in [0.3, 0.4) is 0 Å². The number of likely N-dealkylation sites (tertiary alicyclic amines) is 1. The third kappa shape index (κ3) is 6.97. The van der Waals surface area contributed by atoms with Gasteiger partial charge in [-0.3, -0.25) is 14.7 Å². The van der Waals surface area contributed by atoms with Gasteiger partial charge in [0.15, 0.2) is 0 Å². The molecular formula is C29H29ClF2N2O3. The number of nitrogens with zero attached hydrogens (tertiary/aromatic N) is 2. The van der Waals surface area contributed by atoms with Gasteiger partial charge in [0.2, 0.25) is 0 Å². The van der Waals surface area contributed by atoms with Gasteiger partial charge in [0, 0.05) is 29.6 Å². The van der Waals surface area contributed by atoms with Gasteiger partial charge in [0.1, 0.15) is 17.7 Å². The van der Waals surface area contributed by atoms with E-state index in [-0.39, 0.29) is 23.8 Å². The molecule has 1 N–H and O–H groups in total. The Hall–Kier alpha value is -3.21. The second kappa shape index (κ2) is 12.4. The predicted octanol–water partition coefficient (Wildman–Crippen LogP) is 6.29. The van der Waals surface area contributed by atoms with Crippen LogP contribution in [-0.4, -0.2) is 47.7 Å². The Labute approximate surface area is 220 Å². The number of carboxylic acids is 1. The van der Waals surface area contributed by atoms with E-state index in [1.54, 1.807) is 43.6 Å². The number of ether oxygens (including phenoxy) is 1. The molecule has 1 fully saturated rings. The molecule has 8 heteroatoms. The molecule has 4 rings (SSSR count). The zero-order chi connectivity index (χ0) is 26.4. The van der Waals surface area contributed by atoms with Crippen molar-refractivity contribution in [1.82, 2.24) is 9.88 Å². The summed E-state index contributed by atoms with van der Waals surface area (Å²) in [6.07, 6.45) is 2.08. The van der Waals surface area contributed by atoms with Crippen molar-refractivity contribution >= 4 is 28.5 Å². The summed E-state index contributed by atoms with van der Waals surface area (Å²) >= 11 is 5.79. The van der Waals surface area contributed by atoms with Gasteiger partial charge >= 0.3 is 5.97 Å². The molecule has 1 aliphatic heterocycles. The number of piperidine rings is 1. The molecule has 0 spiro atoms. The molecule has 194 valence electrons. The Balaban J connectivity index is 1.39. The number of hydrogen-bond donors (Lipinski definition) is 1. The minimum Gasteiger partial charge on any atom is -0.497 e. The maximum absolute atomic E-state index is 15.5. The Morgan fingerprint density at radius 1 is 1.27 bits per heavy atom. The summed E-state index contributed by atoms with van der Waals surface area (Å²) in [5.41, 5.74) is 1.55. The minimum atomic E-state index is -1.19. The van der Waals surface area contributed by atoms with E-state index < -0.39 is 18.0 Å². The van der Waals surface area contributed by atoms with Crippen molar-refractivity contribution in [2.45, 2.75) is 31.9 Å². The summed E-state index contributed by atoms with van der Waals surface area (Å²) in [4.78, 5) is 18.0. The number of rotatable bonds is 8. The fraction of sp³-hybridized carbons (Fsp3) is 0.379. The smallest absolute Gasteiger partial charge is 0.303 e. The van der Waals surface area contributed by atoms with Crippen molar-refractivity contribution in [3.8, 4) is 17.6 Å². The van der Waals surface area contributed by atoms with E-state index in [0.29, 0.717) is 47.8 Å². The molecule has 2 aromatic carbocycles. The largest absolute Gasteiger partial charge is 0.497 e. The third-order valence-corrected chi connectivity index (χ3v) is 7.22. The normalized spacial score (nSPS) is 18.7. The van der Waals surface area contributed by atoms with Crippen molar-refractivity contribution < 1.29 is 23.4 Å². The number of aromatic nitrogens is 1. The molecule has 0 bridgehead atoms. The van der Waals surface area contributed by atoms with Gasteiger partial charge in [-0.25, -0.2) is 8.78 Å². The number of carbonyl (C=O) groups is 1. The molecule has 5 nitrogen and oxygen atoms in total. The zero-order valence-electron chi connectivity index (χ0n) is 20.6. The standard InChI is InChI=1S/C29H29ClF2N2O3/c1-37-23-7-9-28-25(17-23)24(10-12-33-28)26(31)8-5-19-11-14-34(18-21(19)15-29(35)36)13-2-3-20-4-6-22(30)16-27(20)32/h4,6-7,9-10,12,16-17,19,21,26H,5,8,11,13-15,18H2,1H3,(H,35,36)/t19-,21+,26?/m1/s1. The Kier molecular flexibility index (Phi) is 8.96. The van der Waals surface area contributed by atoms with E-state index >= 15 is 4.39 Å². The summed E-state index contributed by atoms with van der Waals surface area (Å²) in [6.45, 7) is 1.69. The Bertz CT molecular complexity index is 1320. The minimum absolute atomic E-state index is 0.0206. The highest BCUT2D eigenvalue weighted by Crippen LogP contribution is 2.36. The first-order chi connectivity index (χ1) is 17.8. The lowest BCUT2D eigenvalue weighted by Gasteiger charge is -2.37. The van der Waals surface area contributed by atoms with Crippen molar-refractivity contribution in [2.24, 2.45) is 11.8 Å². The number of carboxylic acid groups (broad SMARTS) is 1. The average Bonchev–Trinajstić information content (AvgIpc) is 2.88. The van der Waals surface area contributed by atoms with Gasteiger partial charge in [0.25, 0.3) is 0 Å². The van der Waals surface area contributed by atoms with Crippen LogP contribution < -0.4 is 4.74 Å². The Morgan fingerprint density at radius 3 is 2.86 bits per heavy atom.